The molecule has 0 radical (unpaired) electrons. The average molecular weight is 341 g/mol. The molecular weight excluding hydrogens is 304 g/mol. The molecule has 25 heavy (non-hydrogen) atoms. The van der Waals surface area contributed by atoms with Gasteiger partial charge < -0.3 is 4.74 Å². The van der Waals surface area contributed by atoms with Crippen LogP contribution in [0.15, 0.2) is 18.2 Å². The second kappa shape index (κ2) is 6.97. The first kappa shape index (κ1) is 17.4. The van der Waals surface area contributed by atoms with Gasteiger partial charge in [0.1, 0.15) is 5.75 Å². The van der Waals surface area contributed by atoms with Crippen molar-refractivity contribution in [3.63, 3.8) is 0 Å². The van der Waals surface area contributed by atoms with Gasteiger partial charge in [0.25, 0.3) is 0 Å². The molecule has 0 saturated heterocycles. The summed E-state index contributed by atoms with van der Waals surface area (Å²) in [7, 11) is 0. The van der Waals surface area contributed by atoms with E-state index in [4.69, 9.17) is 4.74 Å². The first-order valence-electron chi connectivity index (χ1n) is 10.9. The third-order valence-electron chi connectivity index (χ3n) is 7.88. The average Bonchev–Trinajstić information content (AvgIpc) is 3.02. The molecule has 0 aliphatic heterocycles. The highest BCUT2D eigenvalue weighted by Crippen LogP contribution is 2.63. The van der Waals surface area contributed by atoms with Gasteiger partial charge in [-0.1, -0.05) is 46.1 Å². The largest absolute Gasteiger partial charge is 0.494 e. The van der Waals surface area contributed by atoms with Crippen molar-refractivity contribution in [2.24, 2.45) is 23.2 Å². The number of rotatable bonds is 5. The van der Waals surface area contributed by atoms with E-state index in [1.807, 2.05) is 0 Å². The predicted molar refractivity (Wildman–Crippen MR) is 105 cm³/mol. The van der Waals surface area contributed by atoms with Crippen molar-refractivity contribution in [1.29, 1.82) is 0 Å². The van der Waals surface area contributed by atoms with Gasteiger partial charge in [-0.05, 0) is 90.9 Å². The second-order valence-electron chi connectivity index (χ2n) is 9.32. The van der Waals surface area contributed by atoms with E-state index in [2.05, 4.69) is 39.0 Å². The van der Waals surface area contributed by atoms with Gasteiger partial charge in [0, 0.05) is 0 Å². The zero-order valence-electron chi connectivity index (χ0n) is 16.5. The number of aryl methyl sites for hydroxylation is 1. The van der Waals surface area contributed by atoms with E-state index in [0.29, 0.717) is 5.41 Å². The number of fused-ring (bicyclic) bond motifs is 5. The van der Waals surface area contributed by atoms with E-state index in [1.165, 1.54) is 51.4 Å². The van der Waals surface area contributed by atoms with Crippen molar-refractivity contribution in [1.82, 2.24) is 0 Å². The van der Waals surface area contributed by atoms with Gasteiger partial charge in [-0.25, -0.2) is 0 Å². The molecule has 2 fully saturated rings. The van der Waals surface area contributed by atoms with Crippen LogP contribution in [0.5, 0.6) is 5.75 Å². The SMILES string of the molecule is CCCCOc1ccc2c(c1)CCC1C2[C@@H](CC)C[C@]2(C)CCCC12. The molecule has 0 spiro atoms. The van der Waals surface area contributed by atoms with Gasteiger partial charge in [-0.15, -0.1) is 0 Å². The van der Waals surface area contributed by atoms with Gasteiger partial charge in [0.15, 0.2) is 0 Å². The Morgan fingerprint density at radius 2 is 2.08 bits per heavy atom. The summed E-state index contributed by atoms with van der Waals surface area (Å²) in [6.45, 7) is 8.13. The molecule has 1 nitrogen and oxygen atoms in total. The Bertz CT molecular complexity index is 606. The minimum atomic E-state index is 0.641. The molecule has 0 heterocycles. The smallest absolute Gasteiger partial charge is 0.119 e. The van der Waals surface area contributed by atoms with Gasteiger partial charge in [-0.3, -0.25) is 0 Å². The summed E-state index contributed by atoms with van der Waals surface area (Å²) in [5.74, 6) is 4.71. The number of unbranched alkanes of at least 4 members (excludes halogenated alkanes) is 1. The van der Waals surface area contributed by atoms with Crippen molar-refractivity contribution in [2.45, 2.75) is 84.5 Å². The first-order chi connectivity index (χ1) is 12.2. The van der Waals surface area contributed by atoms with Crippen LogP contribution in [0.4, 0.5) is 0 Å². The van der Waals surface area contributed by atoms with Crippen molar-refractivity contribution >= 4 is 0 Å². The summed E-state index contributed by atoms with van der Waals surface area (Å²) in [6.07, 6.45) is 12.3. The lowest BCUT2D eigenvalue weighted by Gasteiger charge is -2.53. The van der Waals surface area contributed by atoms with Crippen LogP contribution in [0.25, 0.3) is 0 Å². The van der Waals surface area contributed by atoms with Crippen LogP contribution in [0, 0.1) is 23.2 Å². The maximum Gasteiger partial charge on any atom is 0.119 e. The fourth-order valence-corrected chi connectivity index (χ4v) is 6.70. The van der Waals surface area contributed by atoms with E-state index in [0.717, 1.165) is 42.4 Å². The van der Waals surface area contributed by atoms with Crippen molar-refractivity contribution in [3.05, 3.63) is 29.3 Å². The van der Waals surface area contributed by atoms with E-state index >= 15 is 0 Å². The molecule has 4 rings (SSSR count). The minimum absolute atomic E-state index is 0.641. The summed E-state index contributed by atoms with van der Waals surface area (Å²) in [5.41, 5.74) is 3.91. The minimum Gasteiger partial charge on any atom is -0.494 e. The van der Waals surface area contributed by atoms with Crippen LogP contribution in [0.2, 0.25) is 0 Å². The molecule has 1 aromatic rings. The van der Waals surface area contributed by atoms with Crippen molar-refractivity contribution < 1.29 is 4.74 Å². The van der Waals surface area contributed by atoms with Crippen LogP contribution in [0.1, 0.15) is 89.2 Å². The zero-order chi connectivity index (χ0) is 17.4. The van der Waals surface area contributed by atoms with E-state index in [-0.39, 0.29) is 0 Å². The van der Waals surface area contributed by atoms with Crippen LogP contribution >= 0.6 is 0 Å². The quantitative estimate of drug-likeness (QED) is 0.539. The number of benzene rings is 1. The summed E-state index contributed by atoms with van der Waals surface area (Å²) in [6, 6.07) is 7.07. The van der Waals surface area contributed by atoms with E-state index in [1.54, 1.807) is 11.1 Å². The maximum atomic E-state index is 5.99. The first-order valence-corrected chi connectivity index (χ1v) is 10.9. The molecular formula is C24H36O. The Balaban J connectivity index is 1.61. The van der Waals surface area contributed by atoms with Gasteiger partial charge in [-0.2, -0.15) is 0 Å². The van der Waals surface area contributed by atoms with Crippen LogP contribution in [-0.4, -0.2) is 6.61 Å². The van der Waals surface area contributed by atoms with Crippen molar-refractivity contribution in [3.8, 4) is 5.75 Å². The molecule has 2 saturated carbocycles. The molecule has 3 aliphatic carbocycles. The van der Waals surface area contributed by atoms with Crippen LogP contribution in [0.3, 0.4) is 0 Å². The Hall–Kier alpha value is -0.980. The fourth-order valence-electron chi connectivity index (χ4n) is 6.70. The van der Waals surface area contributed by atoms with Crippen LogP contribution < -0.4 is 4.74 Å². The lowest BCUT2D eigenvalue weighted by molar-refractivity contribution is 0.0160. The Morgan fingerprint density at radius 3 is 2.88 bits per heavy atom. The summed E-state index contributed by atoms with van der Waals surface area (Å²) in [5, 5.41) is 0. The summed E-state index contributed by atoms with van der Waals surface area (Å²) >= 11 is 0. The molecule has 1 aromatic carbocycles. The molecule has 138 valence electrons. The van der Waals surface area contributed by atoms with Crippen molar-refractivity contribution in [2.75, 3.05) is 6.61 Å². The van der Waals surface area contributed by atoms with Crippen LogP contribution in [-0.2, 0) is 6.42 Å². The number of ether oxygens (including phenoxy) is 1. The topological polar surface area (TPSA) is 9.23 Å². The molecule has 3 aliphatic rings. The molecule has 5 atom stereocenters. The highest BCUT2D eigenvalue weighted by Gasteiger charge is 2.53. The standard InChI is InChI=1S/C24H36O/c1-4-6-14-25-19-10-12-20-18(15-19)9-11-21-22-8-7-13-24(22,3)16-17(5-2)23(20)21/h10,12,15,17,21-23H,4-9,11,13-14,16H2,1-3H3/t17-,21?,22?,23?,24-/m0/s1. The van der Waals surface area contributed by atoms with Gasteiger partial charge >= 0.3 is 0 Å². The lowest BCUT2D eigenvalue weighted by atomic mass is 9.52. The molecule has 0 aromatic heterocycles. The lowest BCUT2D eigenvalue weighted by Crippen LogP contribution is -2.44. The Labute approximate surface area is 154 Å². The highest BCUT2D eigenvalue weighted by atomic mass is 16.5. The fraction of sp³-hybridized carbons (Fsp3) is 0.750. The molecule has 0 N–H and O–H groups in total. The predicted octanol–water partition coefficient (Wildman–Crippen LogP) is 6.75. The highest BCUT2D eigenvalue weighted by molar-refractivity contribution is 5.41. The molecule has 1 heteroatoms. The van der Waals surface area contributed by atoms with E-state index < -0.39 is 0 Å². The van der Waals surface area contributed by atoms with E-state index in [9.17, 15) is 0 Å². The summed E-state index contributed by atoms with van der Waals surface area (Å²) < 4.78 is 5.99. The maximum absolute atomic E-state index is 5.99. The summed E-state index contributed by atoms with van der Waals surface area (Å²) in [4.78, 5) is 0. The number of hydrogen-bond acceptors (Lipinski definition) is 1. The normalized spacial score (nSPS) is 36.4. The third-order valence-corrected chi connectivity index (χ3v) is 7.88. The third kappa shape index (κ3) is 3.02. The van der Waals surface area contributed by atoms with Gasteiger partial charge in [0.05, 0.1) is 6.61 Å². The zero-order valence-corrected chi connectivity index (χ0v) is 16.5. The van der Waals surface area contributed by atoms with Gasteiger partial charge in [0.2, 0.25) is 0 Å². The second-order valence-corrected chi connectivity index (χ2v) is 9.32. The molecule has 0 bridgehead atoms. The Kier molecular flexibility index (Phi) is 4.86. The molecule has 3 unspecified atom stereocenters. The molecule has 0 amide bonds. The number of hydrogen-bond donors (Lipinski definition) is 0. The Morgan fingerprint density at radius 1 is 1.20 bits per heavy atom. The monoisotopic (exact) mass is 340 g/mol.